The summed E-state index contributed by atoms with van der Waals surface area (Å²) in [5.41, 5.74) is 0. The maximum Gasteiger partial charge on any atom is 0.135 e. The van der Waals surface area contributed by atoms with Crippen LogP contribution >= 0.6 is 11.6 Å². The van der Waals surface area contributed by atoms with Crippen LogP contribution in [-0.2, 0) is 0 Å². The lowest BCUT2D eigenvalue weighted by molar-refractivity contribution is 0.318. The van der Waals surface area contributed by atoms with Crippen LogP contribution in [0.2, 0.25) is 5.15 Å². The van der Waals surface area contributed by atoms with Crippen LogP contribution in [-0.4, -0.2) is 40.0 Å². The second-order valence-electron chi connectivity index (χ2n) is 5.87. The molecule has 2 atom stereocenters. The summed E-state index contributed by atoms with van der Waals surface area (Å²) >= 11 is 6.09. The molecule has 2 fully saturated rings. The highest BCUT2D eigenvalue weighted by Gasteiger charge is 2.37. The maximum absolute atomic E-state index is 6.09. The summed E-state index contributed by atoms with van der Waals surface area (Å²) < 4.78 is 0. The van der Waals surface area contributed by atoms with Crippen molar-refractivity contribution in [1.82, 2.24) is 14.9 Å². The van der Waals surface area contributed by atoms with Gasteiger partial charge in [-0.3, -0.25) is 4.90 Å². The van der Waals surface area contributed by atoms with E-state index in [1.54, 1.807) is 0 Å². The molecule has 0 aromatic carbocycles. The van der Waals surface area contributed by atoms with Gasteiger partial charge in [0.2, 0.25) is 0 Å². The first-order chi connectivity index (χ1) is 9.13. The minimum Gasteiger partial charge on any atom is -0.366 e. The van der Waals surface area contributed by atoms with Gasteiger partial charge in [-0.05, 0) is 25.8 Å². The van der Waals surface area contributed by atoms with Crippen LogP contribution < -0.4 is 5.32 Å². The zero-order valence-corrected chi connectivity index (χ0v) is 12.3. The van der Waals surface area contributed by atoms with E-state index in [0.717, 1.165) is 11.6 Å². The van der Waals surface area contributed by atoms with Crippen LogP contribution in [0.1, 0.15) is 44.9 Å². The van der Waals surface area contributed by atoms with Crippen molar-refractivity contribution >= 4 is 17.4 Å². The van der Waals surface area contributed by atoms with E-state index in [0.29, 0.717) is 23.2 Å². The molecule has 2 saturated heterocycles. The first kappa shape index (κ1) is 13.1. The van der Waals surface area contributed by atoms with Gasteiger partial charge in [-0.1, -0.05) is 25.4 Å². The fraction of sp³-hybridized carbons (Fsp3) is 0.714. The Kier molecular flexibility index (Phi) is 3.63. The minimum atomic E-state index is 0.297. The molecule has 1 N–H and O–H groups in total. The summed E-state index contributed by atoms with van der Waals surface area (Å²) in [6.45, 7) is 6.64. The monoisotopic (exact) mass is 280 g/mol. The largest absolute Gasteiger partial charge is 0.366 e. The number of hydrogen-bond donors (Lipinski definition) is 1. The number of anilines is 1. The van der Waals surface area contributed by atoms with Crippen molar-refractivity contribution in [2.45, 2.75) is 51.1 Å². The Hall–Kier alpha value is -0.870. The number of nitrogens with zero attached hydrogens (tertiary/aromatic N) is 3. The summed E-state index contributed by atoms with van der Waals surface area (Å²) in [4.78, 5) is 11.5. The van der Waals surface area contributed by atoms with Crippen molar-refractivity contribution in [2.24, 2.45) is 0 Å². The van der Waals surface area contributed by atoms with E-state index < -0.39 is 0 Å². The molecule has 0 aliphatic carbocycles. The molecule has 4 nitrogen and oxygen atoms in total. The van der Waals surface area contributed by atoms with Gasteiger partial charge in [0, 0.05) is 30.6 Å². The molecular weight excluding hydrogens is 260 g/mol. The van der Waals surface area contributed by atoms with E-state index in [4.69, 9.17) is 11.6 Å². The molecule has 2 unspecified atom stereocenters. The second kappa shape index (κ2) is 5.25. The molecule has 1 aromatic heterocycles. The molecule has 1 aromatic rings. The SMILES string of the molecule is CC(C)c1nc(Cl)cc(NC2CCN3CCCC23)n1. The third-order valence-electron chi connectivity index (χ3n) is 4.17. The second-order valence-corrected chi connectivity index (χ2v) is 6.26. The van der Waals surface area contributed by atoms with Crippen molar-refractivity contribution in [3.05, 3.63) is 17.0 Å². The first-order valence-electron chi connectivity index (χ1n) is 7.18. The van der Waals surface area contributed by atoms with Crippen LogP contribution in [0, 0.1) is 0 Å². The average molecular weight is 281 g/mol. The van der Waals surface area contributed by atoms with Crippen LogP contribution in [0.4, 0.5) is 5.82 Å². The van der Waals surface area contributed by atoms with Crippen molar-refractivity contribution in [1.29, 1.82) is 0 Å². The Morgan fingerprint density at radius 1 is 1.32 bits per heavy atom. The van der Waals surface area contributed by atoms with Gasteiger partial charge in [0.25, 0.3) is 0 Å². The lowest BCUT2D eigenvalue weighted by Crippen LogP contribution is -2.34. The standard InChI is InChI=1S/C14H21ClN4/c1-9(2)14-17-12(15)8-13(18-14)16-10-5-7-19-6-3-4-11(10)19/h8-11H,3-7H2,1-2H3,(H,16,17,18). The van der Waals surface area contributed by atoms with Gasteiger partial charge < -0.3 is 5.32 Å². The molecular formula is C14H21ClN4. The fourth-order valence-corrected chi connectivity index (χ4v) is 3.40. The molecule has 0 bridgehead atoms. The third-order valence-corrected chi connectivity index (χ3v) is 4.36. The smallest absolute Gasteiger partial charge is 0.135 e. The highest BCUT2D eigenvalue weighted by Crippen LogP contribution is 2.30. The molecule has 0 spiro atoms. The van der Waals surface area contributed by atoms with Gasteiger partial charge in [0.15, 0.2) is 0 Å². The quantitative estimate of drug-likeness (QED) is 0.865. The average Bonchev–Trinajstić information content (AvgIpc) is 2.93. The van der Waals surface area contributed by atoms with Crippen LogP contribution in [0.5, 0.6) is 0 Å². The summed E-state index contributed by atoms with van der Waals surface area (Å²) in [5, 5.41) is 4.10. The van der Waals surface area contributed by atoms with E-state index in [-0.39, 0.29) is 0 Å². The summed E-state index contributed by atoms with van der Waals surface area (Å²) in [6.07, 6.45) is 3.82. The molecule has 2 aliphatic rings. The Morgan fingerprint density at radius 3 is 2.95 bits per heavy atom. The molecule has 3 heterocycles. The van der Waals surface area contributed by atoms with Gasteiger partial charge in [-0.15, -0.1) is 0 Å². The molecule has 5 heteroatoms. The first-order valence-corrected chi connectivity index (χ1v) is 7.56. The van der Waals surface area contributed by atoms with E-state index in [9.17, 15) is 0 Å². The summed E-state index contributed by atoms with van der Waals surface area (Å²) in [6, 6.07) is 3.02. The lowest BCUT2D eigenvalue weighted by Gasteiger charge is -2.22. The normalized spacial score (nSPS) is 26.9. The third kappa shape index (κ3) is 2.70. The van der Waals surface area contributed by atoms with Gasteiger partial charge >= 0.3 is 0 Å². The Labute approximate surface area is 119 Å². The predicted molar refractivity (Wildman–Crippen MR) is 77.8 cm³/mol. The molecule has 0 amide bonds. The zero-order valence-electron chi connectivity index (χ0n) is 11.6. The van der Waals surface area contributed by atoms with Gasteiger partial charge in [-0.2, -0.15) is 0 Å². The highest BCUT2D eigenvalue weighted by atomic mass is 35.5. The highest BCUT2D eigenvalue weighted by molar-refractivity contribution is 6.29. The predicted octanol–water partition coefficient (Wildman–Crippen LogP) is 2.90. The number of halogens is 1. The Balaban J connectivity index is 1.76. The maximum atomic E-state index is 6.09. The number of aromatic nitrogens is 2. The molecule has 0 saturated carbocycles. The molecule has 2 aliphatic heterocycles. The van der Waals surface area contributed by atoms with Gasteiger partial charge in [0.1, 0.15) is 16.8 Å². The minimum absolute atomic E-state index is 0.297. The molecule has 104 valence electrons. The van der Waals surface area contributed by atoms with Crippen molar-refractivity contribution < 1.29 is 0 Å². The van der Waals surface area contributed by atoms with Crippen LogP contribution in [0.25, 0.3) is 0 Å². The van der Waals surface area contributed by atoms with Gasteiger partial charge in [0.05, 0.1) is 0 Å². The van der Waals surface area contributed by atoms with Crippen LogP contribution in [0.15, 0.2) is 6.07 Å². The number of hydrogen-bond acceptors (Lipinski definition) is 4. The van der Waals surface area contributed by atoms with Crippen molar-refractivity contribution in [2.75, 3.05) is 18.4 Å². The van der Waals surface area contributed by atoms with E-state index in [2.05, 4.69) is 34.0 Å². The topological polar surface area (TPSA) is 41.1 Å². The molecule has 0 radical (unpaired) electrons. The molecule has 19 heavy (non-hydrogen) atoms. The number of fused-ring (bicyclic) bond motifs is 1. The van der Waals surface area contributed by atoms with Gasteiger partial charge in [-0.25, -0.2) is 9.97 Å². The van der Waals surface area contributed by atoms with Crippen molar-refractivity contribution in [3.63, 3.8) is 0 Å². The number of nitrogens with one attached hydrogen (secondary N) is 1. The fourth-order valence-electron chi connectivity index (χ4n) is 3.21. The zero-order chi connectivity index (χ0) is 13.4. The Morgan fingerprint density at radius 2 is 2.16 bits per heavy atom. The Bertz CT molecular complexity index is 463. The van der Waals surface area contributed by atoms with Crippen LogP contribution in [0.3, 0.4) is 0 Å². The van der Waals surface area contributed by atoms with E-state index in [1.807, 2.05) is 6.07 Å². The van der Waals surface area contributed by atoms with Crippen molar-refractivity contribution in [3.8, 4) is 0 Å². The van der Waals surface area contributed by atoms with E-state index >= 15 is 0 Å². The summed E-state index contributed by atoms with van der Waals surface area (Å²) in [7, 11) is 0. The number of rotatable bonds is 3. The molecule has 3 rings (SSSR count). The summed E-state index contributed by atoms with van der Waals surface area (Å²) in [5.74, 6) is 1.99. The lowest BCUT2D eigenvalue weighted by atomic mass is 10.1. The van der Waals surface area contributed by atoms with E-state index in [1.165, 1.54) is 32.4 Å².